The molecule has 1 aliphatic heterocycles. The molecule has 3 rings (SSSR count). The Morgan fingerprint density at radius 3 is 2.78 bits per heavy atom. The highest BCUT2D eigenvalue weighted by Gasteiger charge is 2.43. The maximum atomic E-state index is 13.2. The van der Waals surface area contributed by atoms with Crippen LogP contribution in [0.1, 0.15) is 44.6 Å². The highest BCUT2D eigenvalue weighted by molar-refractivity contribution is 7.99. The van der Waals surface area contributed by atoms with E-state index in [1.54, 1.807) is 23.9 Å². The first-order valence-electron chi connectivity index (χ1n) is 11.0. The zero-order valence-corrected chi connectivity index (χ0v) is 19.7. The van der Waals surface area contributed by atoms with Crippen molar-refractivity contribution >= 4 is 29.2 Å². The molecule has 32 heavy (non-hydrogen) atoms. The molecule has 0 bridgehead atoms. The van der Waals surface area contributed by atoms with Crippen LogP contribution >= 0.6 is 11.8 Å². The molecule has 8 heteroatoms. The van der Waals surface area contributed by atoms with Gasteiger partial charge in [0.2, 0.25) is 0 Å². The van der Waals surface area contributed by atoms with Crippen LogP contribution in [0.4, 0.5) is 0 Å². The lowest BCUT2D eigenvalue weighted by atomic mass is 9.71. The predicted octanol–water partition coefficient (Wildman–Crippen LogP) is 3.54. The van der Waals surface area contributed by atoms with E-state index >= 15 is 0 Å². The summed E-state index contributed by atoms with van der Waals surface area (Å²) in [5.74, 6) is 1.18. The molecular formula is C24H31NO6S. The number of thioether (sulfide) groups is 1. The number of nitrogens with zero attached hydrogens (tertiary/aromatic N) is 1. The second-order valence-electron chi connectivity index (χ2n) is 7.69. The van der Waals surface area contributed by atoms with Gasteiger partial charge in [-0.25, -0.2) is 0 Å². The van der Waals surface area contributed by atoms with Gasteiger partial charge >= 0.3 is 5.97 Å². The fourth-order valence-electron chi connectivity index (χ4n) is 4.26. The molecule has 1 unspecified atom stereocenters. The molecule has 0 aromatic heterocycles. The Hall–Kier alpha value is -2.32. The van der Waals surface area contributed by atoms with Crippen molar-refractivity contribution in [3.8, 4) is 11.5 Å². The molecule has 0 saturated carbocycles. The molecule has 174 valence electrons. The van der Waals surface area contributed by atoms with Crippen molar-refractivity contribution in [3.63, 3.8) is 0 Å². The van der Waals surface area contributed by atoms with Crippen molar-refractivity contribution in [1.82, 2.24) is 0 Å². The van der Waals surface area contributed by atoms with Crippen LogP contribution in [0.25, 0.3) is 0 Å². The summed E-state index contributed by atoms with van der Waals surface area (Å²) in [6, 6.07) is 5.40. The minimum Gasteiger partial charge on any atom is -0.493 e. The van der Waals surface area contributed by atoms with Crippen molar-refractivity contribution in [2.75, 3.05) is 38.4 Å². The summed E-state index contributed by atoms with van der Waals surface area (Å²) >= 11 is 1.71. The molecule has 2 atom stereocenters. The summed E-state index contributed by atoms with van der Waals surface area (Å²) < 4.78 is 16.6. The lowest BCUT2D eigenvalue weighted by Gasteiger charge is -2.34. The zero-order valence-electron chi connectivity index (χ0n) is 18.9. The van der Waals surface area contributed by atoms with Gasteiger partial charge in [0.15, 0.2) is 17.3 Å². The third-order valence-electron chi connectivity index (χ3n) is 5.66. The largest absolute Gasteiger partial charge is 0.493 e. The van der Waals surface area contributed by atoms with Crippen molar-refractivity contribution in [1.29, 1.82) is 0 Å². The molecule has 1 aromatic rings. The number of benzene rings is 1. The summed E-state index contributed by atoms with van der Waals surface area (Å²) in [5, 5.41) is 9.06. The summed E-state index contributed by atoms with van der Waals surface area (Å²) in [6.45, 7) is 4.25. The smallest absolute Gasteiger partial charge is 0.315 e. The molecule has 0 amide bonds. The lowest BCUT2D eigenvalue weighted by Crippen LogP contribution is -2.37. The Kier molecular flexibility index (Phi) is 8.75. The number of carbonyl (C=O) groups is 2. The Morgan fingerprint density at radius 2 is 2.06 bits per heavy atom. The monoisotopic (exact) mass is 461 g/mol. The van der Waals surface area contributed by atoms with E-state index in [0.29, 0.717) is 35.8 Å². The van der Waals surface area contributed by atoms with E-state index < -0.39 is 11.8 Å². The molecule has 0 saturated heterocycles. The van der Waals surface area contributed by atoms with Crippen LogP contribution < -0.4 is 9.47 Å². The Balaban J connectivity index is 2.00. The summed E-state index contributed by atoms with van der Waals surface area (Å²) in [6.07, 6.45) is 1.94. The molecule has 1 N–H and O–H groups in total. The fourth-order valence-corrected chi connectivity index (χ4v) is 4.75. The van der Waals surface area contributed by atoms with Crippen LogP contribution in [0.2, 0.25) is 0 Å². The highest BCUT2D eigenvalue weighted by atomic mass is 32.2. The van der Waals surface area contributed by atoms with Crippen molar-refractivity contribution < 1.29 is 28.9 Å². The minimum absolute atomic E-state index is 0.0337. The number of aliphatic imine (C=N–C) groups is 1. The SMILES string of the molecule is CCSCCOC(=O)C1C(C)=NC2=C(C(=O)CCC2)[C@H]1c1ccc(OCCO)c(OC)c1. The van der Waals surface area contributed by atoms with Gasteiger partial charge in [0.25, 0.3) is 0 Å². The first-order valence-corrected chi connectivity index (χ1v) is 12.1. The standard InChI is InChI=1S/C24H31NO6S/c1-4-32-13-12-31-24(28)21-15(2)25-17-6-5-7-18(27)23(17)22(21)16-8-9-19(30-11-10-26)20(14-16)29-3/h8-9,14,21-22,26H,4-7,10-13H2,1-3H3/t21?,22-/m0/s1. The predicted molar refractivity (Wildman–Crippen MR) is 125 cm³/mol. The van der Waals surface area contributed by atoms with Gasteiger partial charge in [-0.2, -0.15) is 11.8 Å². The number of hydrogen-bond donors (Lipinski definition) is 1. The molecule has 1 aromatic carbocycles. The van der Waals surface area contributed by atoms with E-state index in [1.807, 2.05) is 13.0 Å². The number of Topliss-reactive ketones (excluding diaryl/α,β-unsaturated/α-hetero) is 1. The quantitative estimate of drug-likeness (QED) is 0.421. The van der Waals surface area contributed by atoms with E-state index in [0.717, 1.165) is 35.6 Å². The third kappa shape index (κ3) is 5.35. The van der Waals surface area contributed by atoms with Gasteiger partial charge in [-0.05, 0) is 43.2 Å². The molecule has 0 fully saturated rings. The normalized spacial score (nSPS) is 20.5. The van der Waals surface area contributed by atoms with E-state index in [2.05, 4.69) is 11.9 Å². The number of ether oxygens (including phenoxy) is 3. The maximum Gasteiger partial charge on any atom is 0.315 e. The van der Waals surface area contributed by atoms with Gasteiger partial charge < -0.3 is 19.3 Å². The highest BCUT2D eigenvalue weighted by Crippen LogP contribution is 2.45. The second kappa shape index (κ2) is 11.5. The molecular weight excluding hydrogens is 430 g/mol. The average molecular weight is 462 g/mol. The van der Waals surface area contributed by atoms with Gasteiger partial charge in [-0.15, -0.1) is 0 Å². The molecule has 1 heterocycles. The van der Waals surface area contributed by atoms with Crippen molar-refractivity contribution in [2.24, 2.45) is 10.9 Å². The van der Waals surface area contributed by atoms with Gasteiger partial charge in [0.05, 0.1) is 13.7 Å². The van der Waals surface area contributed by atoms with E-state index in [4.69, 9.17) is 19.3 Å². The van der Waals surface area contributed by atoms with Crippen LogP contribution in [0, 0.1) is 5.92 Å². The van der Waals surface area contributed by atoms with Gasteiger partial charge in [0, 0.05) is 35.1 Å². The number of aliphatic hydroxyl groups is 1. The summed E-state index contributed by atoms with van der Waals surface area (Å²) in [4.78, 5) is 30.8. The number of esters is 1. The number of ketones is 1. The number of aliphatic hydroxyl groups excluding tert-OH is 1. The minimum atomic E-state index is -0.670. The van der Waals surface area contributed by atoms with E-state index in [1.165, 1.54) is 7.11 Å². The molecule has 0 spiro atoms. The molecule has 2 aliphatic rings. The zero-order chi connectivity index (χ0) is 23.1. The van der Waals surface area contributed by atoms with Crippen LogP contribution in [-0.4, -0.2) is 61.0 Å². The average Bonchev–Trinajstić information content (AvgIpc) is 2.79. The van der Waals surface area contributed by atoms with Gasteiger partial charge in [-0.1, -0.05) is 13.0 Å². The van der Waals surface area contributed by atoms with Gasteiger partial charge in [0.1, 0.15) is 19.1 Å². The third-order valence-corrected chi connectivity index (χ3v) is 6.52. The molecule has 7 nitrogen and oxygen atoms in total. The van der Waals surface area contributed by atoms with E-state index in [-0.39, 0.29) is 25.0 Å². The van der Waals surface area contributed by atoms with Crippen LogP contribution in [0.3, 0.4) is 0 Å². The number of allylic oxidation sites excluding steroid dienone is 2. The Bertz CT molecular complexity index is 910. The number of rotatable bonds is 10. The maximum absolute atomic E-state index is 13.2. The fraction of sp³-hybridized carbons (Fsp3) is 0.542. The summed E-state index contributed by atoms with van der Waals surface area (Å²) in [5.41, 5.74) is 2.82. The number of hydrogen-bond acceptors (Lipinski definition) is 8. The number of methoxy groups -OCH3 is 1. The van der Waals surface area contributed by atoms with Crippen molar-refractivity contribution in [2.45, 2.75) is 39.0 Å². The topological polar surface area (TPSA) is 94.4 Å². The first-order chi connectivity index (χ1) is 15.5. The van der Waals surface area contributed by atoms with Gasteiger partial charge in [-0.3, -0.25) is 14.6 Å². The summed E-state index contributed by atoms with van der Waals surface area (Å²) in [7, 11) is 1.53. The Morgan fingerprint density at radius 1 is 1.25 bits per heavy atom. The number of carbonyl (C=O) groups excluding carboxylic acids is 2. The lowest BCUT2D eigenvalue weighted by molar-refractivity contribution is -0.145. The molecule has 0 radical (unpaired) electrons. The van der Waals surface area contributed by atoms with Crippen LogP contribution in [0.15, 0.2) is 34.5 Å². The second-order valence-corrected chi connectivity index (χ2v) is 9.09. The molecule has 1 aliphatic carbocycles. The van der Waals surface area contributed by atoms with Crippen molar-refractivity contribution in [3.05, 3.63) is 35.0 Å². The van der Waals surface area contributed by atoms with Crippen LogP contribution in [0.5, 0.6) is 11.5 Å². The first kappa shape index (κ1) is 24.3. The van der Waals surface area contributed by atoms with E-state index in [9.17, 15) is 9.59 Å². The Labute approximate surface area is 193 Å². The van der Waals surface area contributed by atoms with Crippen LogP contribution in [-0.2, 0) is 14.3 Å².